The van der Waals surface area contributed by atoms with Crippen molar-refractivity contribution in [2.75, 3.05) is 32.7 Å². The first-order valence-electron chi connectivity index (χ1n) is 11.5. The van der Waals surface area contributed by atoms with Crippen LogP contribution in [0.25, 0.3) is 11.3 Å². The highest BCUT2D eigenvalue weighted by Gasteiger charge is 2.43. The molecule has 2 amide bonds. The first-order chi connectivity index (χ1) is 16.1. The minimum Gasteiger partial charge on any atom is -0.363 e. The fraction of sp³-hybridized carbons (Fsp3) is 0.346. The van der Waals surface area contributed by atoms with E-state index in [1.165, 1.54) is 5.56 Å². The lowest BCUT2D eigenvalue weighted by Gasteiger charge is -2.21. The summed E-state index contributed by atoms with van der Waals surface area (Å²) in [4.78, 5) is 29.8. The molecule has 0 spiro atoms. The number of amides is 2. The normalized spacial score (nSPS) is 20.2. The van der Waals surface area contributed by atoms with Crippen LogP contribution >= 0.6 is 0 Å². The van der Waals surface area contributed by atoms with Crippen LogP contribution in [-0.2, 0) is 6.42 Å². The van der Waals surface area contributed by atoms with Gasteiger partial charge in [0, 0.05) is 31.7 Å². The largest absolute Gasteiger partial charge is 0.363 e. The van der Waals surface area contributed by atoms with Crippen molar-refractivity contribution < 1.29 is 14.1 Å². The van der Waals surface area contributed by atoms with E-state index in [2.05, 4.69) is 34.3 Å². The number of primary amides is 1. The zero-order valence-corrected chi connectivity index (χ0v) is 18.5. The molecule has 1 unspecified atom stereocenters. The zero-order valence-electron chi connectivity index (χ0n) is 18.5. The summed E-state index contributed by atoms with van der Waals surface area (Å²) in [7, 11) is 0. The Hall–Kier alpha value is -3.45. The third-order valence-electron chi connectivity index (χ3n) is 6.81. The van der Waals surface area contributed by atoms with Gasteiger partial charge in [0.05, 0.1) is 0 Å². The second-order valence-corrected chi connectivity index (χ2v) is 9.04. The van der Waals surface area contributed by atoms with Crippen LogP contribution < -0.4 is 5.73 Å². The fourth-order valence-corrected chi connectivity index (χ4v) is 5.20. The van der Waals surface area contributed by atoms with Gasteiger partial charge in [-0.3, -0.25) is 9.59 Å². The molecule has 0 radical (unpaired) electrons. The predicted octanol–water partition coefficient (Wildman–Crippen LogP) is 3.08. The monoisotopic (exact) mass is 444 g/mol. The number of carbonyl (C=O) groups is 2. The Morgan fingerprint density at radius 2 is 1.58 bits per heavy atom. The highest BCUT2D eigenvalue weighted by molar-refractivity contribution is 6.08. The highest BCUT2D eigenvalue weighted by atomic mass is 16.5. The number of likely N-dealkylation sites (tertiary alicyclic amines) is 2. The third-order valence-corrected chi connectivity index (χ3v) is 6.81. The second-order valence-electron chi connectivity index (χ2n) is 9.04. The van der Waals surface area contributed by atoms with Gasteiger partial charge in [0.25, 0.3) is 11.8 Å². The second kappa shape index (κ2) is 9.19. The number of aromatic nitrogens is 1. The Balaban J connectivity index is 1.23. The Bertz CT molecular complexity index is 1110. The van der Waals surface area contributed by atoms with E-state index >= 15 is 0 Å². The van der Waals surface area contributed by atoms with Crippen LogP contribution in [0.15, 0.2) is 65.2 Å². The summed E-state index contributed by atoms with van der Waals surface area (Å²) >= 11 is 0. The van der Waals surface area contributed by atoms with Crippen LogP contribution in [0.3, 0.4) is 0 Å². The third kappa shape index (κ3) is 4.41. The molecule has 0 bridgehead atoms. The Morgan fingerprint density at radius 3 is 2.21 bits per heavy atom. The lowest BCUT2D eigenvalue weighted by atomic mass is 10.0. The first-order valence-corrected chi connectivity index (χ1v) is 11.5. The predicted molar refractivity (Wildman–Crippen MR) is 125 cm³/mol. The van der Waals surface area contributed by atoms with Gasteiger partial charge in [-0.15, -0.1) is 0 Å². The minimum atomic E-state index is -0.781. The van der Waals surface area contributed by atoms with Gasteiger partial charge in [-0.2, -0.15) is 0 Å². The average Bonchev–Trinajstić information content (AvgIpc) is 3.53. The molecule has 7 nitrogen and oxygen atoms in total. The van der Waals surface area contributed by atoms with Gasteiger partial charge in [-0.25, -0.2) is 0 Å². The van der Waals surface area contributed by atoms with Gasteiger partial charge in [-0.05, 0) is 36.8 Å². The molecular weight excluding hydrogens is 416 g/mol. The molecule has 1 aromatic heterocycles. The number of hydrogen-bond acceptors (Lipinski definition) is 5. The molecule has 0 aliphatic carbocycles. The van der Waals surface area contributed by atoms with Gasteiger partial charge in [0.1, 0.15) is 11.3 Å². The van der Waals surface area contributed by atoms with E-state index in [1.807, 2.05) is 41.3 Å². The topological polar surface area (TPSA) is 92.7 Å². The maximum atomic E-state index is 13.5. The summed E-state index contributed by atoms with van der Waals surface area (Å²) in [5, 5.41) is 4.01. The van der Waals surface area contributed by atoms with E-state index in [-0.39, 0.29) is 17.2 Å². The standard InChI is InChI=1S/C26H28N4O3/c27-25(31)24-22(23(28-33-24)19-11-5-2-6-12-19)26(32)30-16-20-14-29(15-21(20)17-30)13-7-10-18-8-3-1-4-9-18/h1-6,8-9,11-12,20-21H,7,10,13-17H2,(H2,27,31)/t20-,21?/m0/s1. The van der Waals surface area contributed by atoms with Crippen molar-refractivity contribution in [1.29, 1.82) is 0 Å². The molecule has 2 aromatic carbocycles. The fourth-order valence-electron chi connectivity index (χ4n) is 5.20. The number of benzene rings is 2. The van der Waals surface area contributed by atoms with E-state index in [9.17, 15) is 9.59 Å². The molecule has 2 aliphatic rings. The molecule has 2 atom stereocenters. The number of aryl methyl sites for hydroxylation is 1. The molecule has 170 valence electrons. The van der Waals surface area contributed by atoms with E-state index in [4.69, 9.17) is 10.3 Å². The molecule has 2 fully saturated rings. The maximum Gasteiger partial charge on any atom is 0.288 e. The molecular formula is C26H28N4O3. The van der Waals surface area contributed by atoms with Crippen LogP contribution in [0, 0.1) is 11.8 Å². The van der Waals surface area contributed by atoms with Crippen molar-refractivity contribution in [3.63, 3.8) is 0 Å². The number of nitrogens with zero attached hydrogens (tertiary/aromatic N) is 3. The maximum absolute atomic E-state index is 13.5. The van der Waals surface area contributed by atoms with Crippen LogP contribution in [0.1, 0.15) is 32.9 Å². The molecule has 3 aromatic rings. The van der Waals surface area contributed by atoms with E-state index < -0.39 is 5.91 Å². The van der Waals surface area contributed by atoms with Crippen molar-refractivity contribution in [3.05, 3.63) is 77.6 Å². The SMILES string of the molecule is NC(=O)c1onc(-c2ccccc2)c1C(=O)N1CC2CN(CCCc3ccccc3)C[C@H]2C1. The smallest absolute Gasteiger partial charge is 0.288 e. The van der Waals surface area contributed by atoms with Gasteiger partial charge < -0.3 is 20.1 Å². The van der Waals surface area contributed by atoms with Crippen LogP contribution in [-0.4, -0.2) is 59.5 Å². The number of fused-ring (bicyclic) bond motifs is 1. The van der Waals surface area contributed by atoms with Crippen molar-refractivity contribution in [3.8, 4) is 11.3 Å². The van der Waals surface area contributed by atoms with Crippen molar-refractivity contribution in [2.24, 2.45) is 17.6 Å². The summed E-state index contributed by atoms with van der Waals surface area (Å²) < 4.78 is 5.20. The molecule has 2 aliphatic heterocycles. The van der Waals surface area contributed by atoms with E-state index in [1.54, 1.807) is 0 Å². The molecule has 7 heteroatoms. The Morgan fingerprint density at radius 1 is 0.939 bits per heavy atom. The van der Waals surface area contributed by atoms with Crippen molar-refractivity contribution in [1.82, 2.24) is 15.0 Å². The van der Waals surface area contributed by atoms with Crippen molar-refractivity contribution >= 4 is 11.8 Å². The van der Waals surface area contributed by atoms with Crippen LogP contribution in [0.4, 0.5) is 0 Å². The number of hydrogen-bond donors (Lipinski definition) is 1. The van der Waals surface area contributed by atoms with Gasteiger partial charge >= 0.3 is 0 Å². The first kappa shape index (κ1) is 21.4. The summed E-state index contributed by atoms with van der Waals surface area (Å²) in [6.45, 7) is 4.43. The lowest BCUT2D eigenvalue weighted by molar-refractivity contribution is 0.0766. The number of rotatable bonds is 7. The summed E-state index contributed by atoms with van der Waals surface area (Å²) in [5.74, 6) is -0.283. The molecule has 2 N–H and O–H groups in total. The molecule has 5 rings (SSSR count). The molecule has 33 heavy (non-hydrogen) atoms. The number of carbonyl (C=O) groups excluding carboxylic acids is 2. The number of nitrogens with two attached hydrogens (primary N) is 1. The van der Waals surface area contributed by atoms with E-state index in [0.29, 0.717) is 30.6 Å². The highest BCUT2D eigenvalue weighted by Crippen LogP contribution is 2.34. The summed E-state index contributed by atoms with van der Waals surface area (Å²) in [5.41, 5.74) is 8.13. The molecule has 3 heterocycles. The summed E-state index contributed by atoms with van der Waals surface area (Å²) in [6.07, 6.45) is 2.22. The Labute approximate surface area is 193 Å². The Kier molecular flexibility index (Phi) is 5.96. The van der Waals surface area contributed by atoms with E-state index in [0.717, 1.165) is 38.0 Å². The quantitative estimate of drug-likeness (QED) is 0.605. The van der Waals surface area contributed by atoms with Gasteiger partial charge in [0.15, 0.2) is 0 Å². The van der Waals surface area contributed by atoms with Crippen LogP contribution in [0.2, 0.25) is 0 Å². The van der Waals surface area contributed by atoms with Gasteiger partial charge in [0.2, 0.25) is 5.76 Å². The van der Waals surface area contributed by atoms with Crippen LogP contribution in [0.5, 0.6) is 0 Å². The van der Waals surface area contributed by atoms with Crippen molar-refractivity contribution in [2.45, 2.75) is 12.8 Å². The molecule has 0 saturated carbocycles. The minimum absolute atomic E-state index is 0.168. The summed E-state index contributed by atoms with van der Waals surface area (Å²) in [6, 6.07) is 19.8. The lowest BCUT2D eigenvalue weighted by Crippen LogP contribution is -2.34. The average molecular weight is 445 g/mol. The zero-order chi connectivity index (χ0) is 22.8. The van der Waals surface area contributed by atoms with Gasteiger partial charge in [-0.1, -0.05) is 65.8 Å². The molecule has 2 saturated heterocycles.